The predicted molar refractivity (Wildman–Crippen MR) is 128 cm³/mol. The van der Waals surface area contributed by atoms with Gasteiger partial charge in [-0.25, -0.2) is 4.98 Å². The third-order valence-corrected chi connectivity index (χ3v) is 6.22. The van der Waals surface area contributed by atoms with Gasteiger partial charge in [-0.3, -0.25) is 9.00 Å². The first-order valence-corrected chi connectivity index (χ1v) is 11.6. The Balaban J connectivity index is 1.53. The molecular formula is C24H21N4O4S-. The summed E-state index contributed by atoms with van der Waals surface area (Å²) >= 11 is -2.35. The molecule has 0 aliphatic carbocycles. The molecule has 9 heteroatoms. The Hall–Kier alpha value is -3.53. The number of H-pyrrole nitrogens is 1. The number of fused-ring (bicyclic) bond motifs is 1. The molecule has 2 aromatic heterocycles. The number of rotatable bonds is 5. The standard InChI is InChI=1S/C24H22N4O4S/c29-24-22-17(8-9-25-24)15-21(16-2-1-3-20(14-16)33(30)31)27-23(22)26-18-4-6-19(7-5-18)28-10-12-32-13-11-28/h1-9,14-15H,10-13H2,(H,25,29)(H,26,27)(H,30,31)/p-1. The normalized spacial score (nSPS) is 14.9. The number of benzene rings is 2. The maximum atomic E-state index is 12.6. The minimum absolute atomic E-state index is 0.175. The summed E-state index contributed by atoms with van der Waals surface area (Å²) in [5.41, 5.74) is 2.84. The number of morpholine rings is 1. The number of anilines is 3. The quantitative estimate of drug-likeness (QED) is 0.438. The highest BCUT2D eigenvalue weighted by Gasteiger charge is 2.14. The van der Waals surface area contributed by atoms with E-state index in [0.29, 0.717) is 41.1 Å². The monoisotopic (exact) mass is 461 g/mol. The van der Waals surface area contributed by atoms with Crippen LogP contribution in [0.2, 0.25) is 0 Å². The van der Waals surface area contributed by atoms with E-state index in [0.717, 1.165) is 24.5 Å². The predicted octanol–water partition coefficient (Wildman–Crippen LogP) is 3.41. The Morgan fingerprint density at radius 2 is 1.85 bits per heavy atom. The largest absolute Gasteiger partial charge is 0.768 e. The van der Waals surface area contributed by atoms with Gasteiger partial charge in [0.25, 0.3) is 5.56 Å². The number of aromatic amines is 1. The van der Waals surface area contributed by atoms with E-state index in [1.807, 2.05) is 24.3 Å². The number of ether oxygens (including phenoxy) is 1. The van der Waals surface area contributed by atoms with Crippen LogP contribution < -0.4 is 15.8 Å². The van der Waals surface area contributed by atoms with E-state index >= 15 is 0 Å². The molecule has 1 aliphatic heterocycles. The second kappa shape index (κ2) is 9.14. The first-order valence-electron chi connectivity index (χ1n) is 10.5. The molecule has 2 aromatic carbocycles. The van der Waals surface area contributed by atoms with Crippen molar-refractivity contribution in [3.05, 3.63) is 77.2 Å². The highest BCUT2D eigenvalue weighted by molar-refractivity contribution is 7.79. The van der Waals surface area contributed by atoms with Crippen LogP contribution in [0.3, 0.4) is 0 Å². The number of hydrogen-bond acceptors (Lipinski definition) is 7. The summed E-state index contributed by atoms with van der Waals surface area (Å²) < 4.78 is 28.2. The summed E-state index contributed by atoms with van der Waals surface area (Å²) in [5, 5.41) is 4.40. The molecule has 1 unspecified atom stereocenters. The van der Waals surface area contributed by atoms with E-state index in [4.69, 9.17) is 4.74 Å². The van der Waals surface area contributed by atoms with Crippen molar-refractivity contribution in [1.82, 2.24) is 9.97 Å². The first-order chi connectivity index (χ1) is 16.1. The van der Waals surface area contributed by atoms with Crippen molar-refractivity contribution in [1.29, 1.82) is 0 Å². The number of nitrogens with one attached hydrogen (secondary N) is 2. The zero-order chi connectivity index (χ0) is 22.8. The SMILES string of the molecule is O=c1[nH]ccc2cc(-c3cccc(S(=O)[O-])c3)nc(Nc3ccc(N4CCOCC4)cc3)c12. The Kier molecular flexibility index (Phi) is 5.91. The molecule has 5 rings (SSSR count). The summed E-state index contributed by atoms with van der Waals surface area (Å²) in [6, 6.07) is 18.1. The van der Waals surface area contributed by atoms with Crippen LogP contribution in [-0.4, -0.2) is 45.0 Å². The van der Waals surface area contributed by atoms with Crippen molar-refractivity contribution in [3.8, 4) is 11.3 Å². The summed E-state index contributed by atoms with van der Waals surface area (Å²) in [7, 11) is 0. The van der Waals surface area contributed by atoms with Gasteiger partial charge in [0, 0.05) is 41.1 Å². The molecule has 33 heavy (non-hydrogen) atoms. The highest BCUT2D eigenvalue weighted by atomic mass is 32.2. The molecule has 0 amide bonds. The molecule has 0 radical (unpaired) electrons. The lowest BCUT2D eigenvalue weighted by atomic mass is 10.1. The van der Waals surface area contributed by atoms with Crippen molar-refractivity contribution in [2.24, 2.45) is 0 Å². The van der Waals surface area contributed by atoms with Crippen molar-refractivity contribution in [2.75, 3.05) is 36.5 Å². The minimum atomic E-state index is -2.35. The molecule has 8 nitrogen and oxygen atoms in total. The molecule has 168 valence electrons. The third kappa shape index (κ3) is 4.51. The fourth-order valence-electron chi connectivity index (χ4n) is 3.93. The van der Waals surface area contributed by atoms with E-state index in [-0.39, 0.29) is 10.5 Å². The fourth-order valence-corrected chi connectivity index (χ4v) is 4.34. The van der Waals surface area contributed by atoms with E-state index < -0.39 is 11.1 Å². The minimum Gasteiger partial charge on any atom is -0.768 e. The second-order valence-electron chi connectivity index (χ2n) is 7.66. The number of aromatic nitrogens is 2. The van der Waals surface area contributed by atoms with Crippen molar-refractivity contribution in [2.45, 2.75) is 4.90 Å². The smallest absolute Gasteiger partial charge is 0.259 e. The molecule has 1 saturated heterocycles. The van der Waals surface area contributed by atoms with Crippen molar-refractivity contribution < 1.29 is 13.5 Å². The third-order valence-electron chi connectivity index (χ3n) is 5.58. The summed E-state index contributed by atoms with van der Waals surface area (Å²) in [4.78, 5) is 22.4. The molecular weight excluding hydrogens is 440 g/mol. The average Bonchev–Trinajstić information content (AvgIpc) is 2.85. The van der Waals surface area contributed by atoms with Gasteiger partial charge in [-0.15, -0.1) is 0 Å². The van der Waals surface area contributed by atoms with Crippen LogP contribution >= 0.6 is 0 Å². The zero-order valence-electron chi connectivity index (χ0n) is 17.6. The van der Waals surface area contributed by atoms with Gasteiger partial charge in [-0.1, -0.05) is 12.1 Å². The fraction of sp³-hybridized carbons (Fsp3) is 0.167. The van der Waals surface area contributed by atoms with Gasteiger partial charge in [0.1, 0.15) is 5.82 Å². The van der Waals surface area contributed by atoms with Crippen LogP contribution in [0, 0.1) is 0 Å². The molecule has 1 fully saturated rings. The van der Waals surface area contributed by atoms with Crippen LogP contribution in [0.5, 0.6) is 0 Å². The molecule has 1 atom stereocenters. The molecule has 4 aromatic rings. The van der Waals surface area contributed by atoms with Crippen LogP contribution in [0.1, 0.15) is 0 Å². The van der Waals surface area contributed by atoms with Crippen LogP contribution in [0.15, 0.2) is 76.6 Å². The maximum absolute atomic E-state index is 12.6. The van der Waals surface area contributed by atoms with E-state index in [9.17, 15) is 13.6 Å². The van der Waals surface area contributed by atoms with E-state index in [1.54, 1.807) is 36.5 Å². The van der Waals surface area contributed by atoms with Gasteiger partial charge in [0.15, 0.2) is 0 Å². The lowest BCUT2D eigenvalue weighted by molar-refractivity contribution is 0.122. The summed E-state index contributed by atoms with van der Waals surface area (Å²) in [6.45, 7) is 3.13. The molecule has 2 N–H and O–H groups in total. The number of hydrogen-bond donors (Lipinski definition) is 2. The molecule has 3 heterocycles. The van der Waals surface area contributed by atoms with Gasteiger partial charge in [0.2, 0.25) is 0 Å². The second-order valence-corrected chi connectivity index (χ2v) is 8.60. The van der Waals surface area contributed by atoms with Crippen LogP contribution in [0.4, 0.5) is 17.2 Å². The maximum Gasteiger partial charge on any atom is 0.259 e. The zero-order valence-corrected chi connectivity index (χ0v) is 18.4. The Bertz CT molecular complexity index is 1380. The molecule has 0 spiro atoms. The lowest BCUT2D eigenvalue weighted by Crippen LogP contribution is -2.36. The summed E-state index contributed by atoms with van der Waals surface area (Å²) in [5.74, 6) is 0.400. The van der Waals surface area contributed by atoms with Crippen LogP contribution in [-0.2, 0) is 15.8 Å². The number of pyridine rings is 2. The van der Waals surface area contributed by atoms with Gasteiger partial charge in [0.05, 0.1) is 24.3 Å². The molecule has 0 saturated carbocycles. The van der Waals surface area contributed by atoms with Gasteiger partial charge in [-0.2, -0.15) is 0 Å². The number of nitrogens with zero attached hydrogens (tertiary/aromatic N) is 2. The lowest BCUT2D eigenvalue weighted by Gasteiger charge is -2.28. The van der Waals surface area contributed by atoms with Crippen molar-refractivity contribution >= 4 is 39.0 Å². The van der Waals surface area contributed by atoms with Gasteiger partial charge >= 0.3 is 0 Å². The Morgan fingerprint density at radius 3 is 2.61 bits per heavy atom. The topological polar surface area (TPSA) is 110 Å². The Morgan fingerprint density at radius 1 is 1.06 bits per heavy atom. The average molecular weight is 462 g/mol. The molecule has 1 aliphatic rings. The summed E-state index contributed by atoms with van der Waals surface area (Å²) in [6.07, 6.45) is 1.58. The first kappa shape index (κ1) is 21.3. The van der Waals surface area contributed by atoms with Gasteiger partial charge in [-0.05, 0) is 65.0 Å². The van der Waals surface area contributed by atoms with Gasteiger partial charge < -0.3 is 24.5 Å². The van der Waals surface area contributed by atoms with Crippen molar-refractivity contribution in [3.63, 3.8) is 0 Å². The van der Waals surface area contributed by atoms with E-state index in [2.05, 4.69) is 20.2 Å². The van der Waals surface area contributed by atoms with E-state index in [1.165, 1.54) is 6.07 Å². The Labute approximate surface area is 192 Å². The molecule has 0 bridgehead atoms. The van der Waals surface area contributed by atoms with Crippen LogP contribution in [0.25, 0.3) is 22.0 Å². The highest BCUT2D eigenvalue weighted by Crippen LogP contribution is 2.29.